The van der Waals surface area contributed by atoms with Gasteiger partial charge in [-0.1, -0.05) is 17.7 Å². The first-order valence-corrected chi connectivity index (χ1v) is 12.1. The maximum absolute atomic E-state index is 12.2. The Balaban J connectivity index is 1.64. The molecule has 1 saturated heterocycles. The minimum atomic E-state index is -0.527. The van der Waals surface area contributed by atoms with Gasteiger partial charge in [0.25, 0.3) is 0 Å². The molecule has 0 aromatic carbocycles. The van der Waals surface area contributed by atoms with Crippen molar-refractivity contribution in [2.45, 2.75) is 57.8 Å². The highest BCUT2D eigenvalue weighted by Crippen LogP contribution is 2.34. The highest BCUT2D eigenvalue weighted by molar-refractivity contribution is 6.29. The van der Waals surface area contributed by atoms with Crippen molar-refractivity contribution in [3.63, 3.8) is 0 Å². The zero-order valence-electron chi connectivity index (χ0n) is 20.4. The molecule has 4 rings (SSSR count). The number of aromatic nitrogens is 4. The molecule has 0 bridgehead atoms. The van der Waals surface area contributed by atoms with Gasteiger partial charge in [0.05, 0.1) is 11.7 Å². The molecular formula is C25H32ClN7O2. The number of likely N-dealkylation sites (tertiary alicyclic amines) is 1. The van der Waals surface area contributed by atoms with Crippen molar-refractivity contribution in [2.24, 2.45) is 0 Å². The number of imidazole rings is 1. The van der Waals surface area contributed by atoms with Gasteiger partial charge in [-0.15, -0.1) is 6.58 Å². The van der Waals surface area contributed by atoms with E-state index in [-0.39, 0.29) is 18.3 Å². The van der Waals surface area contributed by atoms with Crippen molar-refractivity contribution in [1.82, 2.24) is 29.7 Å². The number of amides is 1. The number of halogens is 1. The smallest absolute Gasteiger partial charge is 0.407 e. The van der Waals surface area contributed by atoms with E-state index in [2.05, 4.69) is 31.3 Å². The Morgan fingerprint density at radius 3 is 2.71 bits per heavy atom. The van der Waals surface area contributed by atoms with Gasteiger partial charge in [0.15, 0.2) is 5.65 Å². The molecule has 0 aliphatic carbocycles. The number of nitrogens with zero attached hydrogens (tertiary/aromatic N) is 5. The second-order valence-electron chi connectivity index (χ2n) is 9.68. The van der Waals surface area contributed by atoms with Crippen LogP contribution in [0.4, 0.5) is 10.6 Å². The van der Waals surface area contributed by atoms with Crippen molar-refractivity contribution >= 4 is 34.7 Å². The van der Waals surface area contributed by atoms with Crippen LogP contribution in [-0.4, -0.2) is 55.2 Å². The third-order valence-corrected chi connectivity index (χ3v) is 6.14. The van der Waals surface area contributed by atoms with E-state index >= 15 is 0 Å². The van der Waals surface area contributed by atoms with Gasteiger partial charge >= 0.3 is 6.09 Å². The predicted molar refractivity (Wildman–Crippen MR) is 138 cm³/mol. The molecule has 1 fully saturated rings. The topological polar surface area (TPSA) is 111 Å². The first-order valence-electron chi connectivity index (χ1n) is 11.8. The van der Waals surface area contributed by atoms with Gasteiger partial charge in [-0.25, -0.2) is 19.7 Å². The largest absolute Gasteiger partial charge is 0.444 e. The monoisotopic (exact) mass is 497 g/mol. The van der Waals surface area contributed by atoms with Crippen LogP contribution in [0.15, 0.2) is 43.1 Å². The Morgan fingerprint density at radius 2 is 2.06 bits per heavy atom. The van der Waals surface area contributed by atoms with Crippen LogP contribution in [0.5, 0.6) is 0 Å². The van der Waals surface area contributed by atoms with Crippen LogP contribution >= 0.6 is 11.6 Å². The molecule has 35 heavy (non-hydrogen) atoms. The fourth-order valence-electron chi connectivity index (χ4n) is 4.41. The van der Waals surface area contributed by atoms with E-state index in [9.17, 15) is 4.79 Å². The van der Waals surface area contributed by atoms with E-state index in [1.54, 1.807) is 12.3 Å². The van der Waals surface area contributed by atoms with E-state index in [4.69, 9.17) is 27.1 Å². The van der Waals surface area contributed by atoms with Gasteiger partial charge in [-0.3, -0.25) is 9.47 Å². The van der Waals surface area contributed by atoms with E-state index in [1.165, 1.54) is 0 Å². The van der Waals surface area contributed by atoms with E-state index < -0.39 is 5.60 Å². The molecule has 3 N–H and O–H groups in total. The predicted octanol–water partition coefficient (Wildman–Crippen LogP) is 4.79. The fraction of sp³-hybridized carbons (Fsp3) is 0.440. The lowest BCUT2D eigenvalue weighted by atomic mass is 10.0. The molecule has 0 spiro atoms. The Hall–Kier alpha value is -3.17. The first-order chi connectivity index (χ1) is 16.7. The molecular weight excluding hydrogens is 466 g/mol. The Morgan fingerprint density at radius 1 is 1.31 bits per heavy atom. The first kappa shape index (κ1) is 24.9. The number of nitrogens with two attached hydrogens (primary N) is 1. The molecule has 10 heteroatoms. The summed E-state index contributed by atoms with van der Waals surface area (Å²) in [5, 5.41) is 3.39. The number of hydrogen-bond donors (Lipinski definition) is 2. The molecule has 1 atom stereocenters. The molecule has 1 amide bonds. The van der Waals surface area contributed by atoms with Crippen LogP contribution in [0.3, 0.4) is 0 Å². The molecule has 1 aliphatic rings. The number of pyridine rings is 2. The minimum absolute atomic E-state index is 0.0472. The van der Waals surface area contributed by atoms with Crippen molar-refractivity contribution in [1.29, 1.82) is 0 Å². The van der Waals surface area contributed by atoms with Crippen LogP contribution < -0.4 is 11.1 Å². The Bertz CT molecular complexity index is 1210. The highest BCUT2D eigenvalue weighted by atomic mass is 35.5. The number of carbonyl (C=O) groups is 1. The standard InChI is InChI=1S/C25H32ClN7O2/c1-5-7-20(32-14-11-16(12-15-32)29-24(34)35-25(2,3)4)33-22(17-8-6-13-28-21(17)27)30-18-9-10-19(26)31-23(18)33/h5-6,8-10,13,16,20H,1,7,11-12,14-15H2,2-4H3,(H2,27,28)(H,29,34). The minimum Gasteiger partial charge on any atom is -0.444 e. The maximum atomic E-state index is 12.2. The molecule has 186 valence electrons. The van der Waals surface area contributed by atoms with Crippen LogP contribution in [0.1, 0.15) is 46.2 Å². The number of anilines is 1. The van der Waals surface area contributed by atoms with E-state index in [0.29, 0.717) is 28.9 Å². The third kappa shape index (κ3) is 5.74. The van der Waals surface area contributed by atoms with Crippen molar-refractivity contribution in [3.05, 3.63) is 48.3 Å². The van der Waals surface area contributed by atoms with Crippen LogP contribution in [0.25, 0.3) is 22.6 Å². The number of alkyl carbamates (subject to hydrolysis) is 1. The summed E-state index contributed by atoms with van der Waals surface area (Å²) in [5.74, 6) is 1.08. The summed E-state index contributed by atoms with van der Waals surface area (Å²) < 4.78 is 7.50. The summed E-state index contributed by atoms with van der Waals surface area (Å²) in [6.07, 6.45) is 5.30. The number of nitrogen functional groups attached to an aromatic ring is 1. The van der Waals surface area contributed by atoms with Crippen molar-refractivity contribution in [3.8, 4) is 11.4 Å². The summed E-state index contributed by atoms with van der Waals surface area (Å²) in [6, 6.07) is 7.38. The summed E-state index contributed by atoms with van der Waals surface area (Å²) in [7, 11) is 0. The van der Waals surface area contributed by atoms with Gasteiger partial charge in [0.1, 0.15) is 27.9 Å². The lowest BCUT2D eigenvalue weighted by Gasteiger charge is -2.38. The Kier molecular flexibility index (Phi) is 7.28. The number of carbonyl (C=O) groups excluding carboxylic acids is 1. The molecule has 3 aromatic rings. The van der Waals surface area contributed by atoms with Gasteiger partial charge in [-0.05, 0) is 64.3 Å². The van der Waals surface area contributed by atoms with Gasteiger partial charge in [0, 0.05) is 25.3 Å². The summed E-state index contributed by atoms with van der Waals surface area (Å²) in [5.41, 5.74) is 7.85. The van der Waals surface area contributed by atoms with Crippen molar-refractivity contribution in [2.75, 3.05) is 18.8 Å². The molecule has 0 radical (unpaired) electrons. The molecule has 4 heterocycles. The van der Waals surface area contributed by atoms with E-state index in [0.717, 1.165) is 37.0 Å². The van der Waals surface area contributed by atoms with Gasteiger partial charge in [0.2, 0.25) is 0 Å². The van der Waals surface area contributed by atoms with Gasteiger partial charge in [-0.2, -0.15) is 0 Å². The summed E-state index contributed by atoms with van der Waals surface area (Å²) in [4.78, 5) is 28.3. The number of ether oxygens (including phenoxy) is 1. The number of piperidine rings is 1. The zero-order valence-corrected chi connectivity index (χ0v) is 21.1. The SMILES string of the molecule is C=CCC(N1CCC(NC(=O)OC(C)(C)C)CC1)n1c(-c2cccnc2N)nc2ccc(Cl)nc21. The second kappa shape index (κ2) is 10.2. The third-order valence-electron chi connectivity index (χ3n) is 5.93. The lowest BCUT2D eigenvalue weighted by Crippen LogP contribution is -2.47. The van der Waals surface area contributed by atoms with Crippen LogP contribution in [0, 0.1) is 0 Å². The molecule has 0 saturated carbocycles. The number of hydrogen-bond acceptors (Lipinski definition) is 7. The van der Waals surface area contributed by atoms with Gasteiger partial charge < -0.3 is 15.8 Å². The van der Waals surface area contributed by atoms with Crippen LogP contribution in [-0.2, 0) is 4.74 Å². The molecule has 9 nitrogen and oxygen atoms in total. The normalized spacial score (nSPS) is 16.2. The molecule has 1 unspecified atom stereocenters. The molecule has 1 aliphatic heterocycles. The Labute approximate surface area is 210 Å². The number of nitrogens with one attached hydrogen (secondary N) is 1. The quantitative estimate of drug-likeness (QED) is 0.372. The summed E-state index contributed by atoms with van der Waals surface area (Å²) in [6.45, 7) is 11.1. The number of rotatable bonds is 6. The van der Waals surface area contributed by atoms with Crippen molar-refractivity contribution < 1.29 is 9.53 Å². The average molecular weight is 498 g/mol. The number of fused-ring (bicyclic) bond motifs is 1. The fourth-order valence-corrected chi connectivity index (χ4v) is 4.56. The maximum Gasteiger partial charge on any atom is 0.407 e. The summed E-state index contributed by atoms with van der Waals surface area (Å²) >= 11 is 6.28. The highest BCUT2D eigenvalue weighted by Gasteiger charge is 2.31. The van der Waals surface area contributed by atoms with Crippen LogP contribution in [0.2, 0.25) is 5.15 Å². The average Bonchev–Trinajstić information content (AvgIpc) is 3.15. The zero-order chi connectivity index (χ0) is 25.2. The molecule has 3 aromatic heterocycles. The second-order valence-corrected chi connectivity index (χ2v) is 10.1. The lowest BCUT2D eigenvalue weighted by molar-refractivity contribution is 0.0450. The van der Waals surface area contributed by atoms with E-state index in [1.807, 2.05) is 45.0 Å².